The lowest BCUT2D eigenvalue weighted by Crippen LogP contribution is -2.10. The van der Waals surface area contributed by atoms with E-state index in [9.17, 15) is 9.59 Å². The highest BCUT2D eigenvalue weighted by Crippen LogP contribution is 2.21. The van der Waals surface area contributed by atoms with Gasteiger partial charge in [0.05, 0.1) is 21.8 Å². The van der Waals surface area contributed by atoms with Crippen LogP contribution in [0.1, 0.15) is 0 Å². The number of hydrogen-bond acceptors (Lipinski definition) is 4. The van der Waals surface area contributed by atoms with Crippen molar-refractivity contribution in [2.24, 2.45) is 0 Å². The Hall–Kier alpha value is -4.06. The van der Waals surface area contributed by atoms with Gasteiger partial charge in [-0.05, 0) is 24.3 Å². The van der Waals surface area contributed by atoms with Crippen molar-refractivity contribution < 1.29 is 0 Å². The maximum atomic E-state index is 12.3. The van der Waals surface area contributed by atoms with Gasteiger partial charge in [-0.1, -0.05) is 48.5 Å². The number of aromatic amines is 2. The molecular weight excluding hydrogens is 352 g/mol. The zero-order valence-electron chi connectivity index (χ0n) is 14.6. The van der Waals surface area contributed by atoms with Gasteiger partial charge >= 0.3 is 0 Å². The van der Waals surface area contributed by atoms with E-state index < -0.39 is 0 Å². The van der Waals surface area contributed by atoms with Crippen LogP contribution in [0.15, 0.2) is 82.4 Å². The number of H-pyrrole nitrogens is 2. The van der Waals surface area contributed by atoms with E-state index >= 15 is 0 Å². The van der Waals surface area contributed by atoms with Gasteiger partial charge in [0, 0.05) is 11.1 Å². The predicted molar refractivity (Wildman–Crippen MR) is 109 cm³/mol. The fourth-order valence-corrected chi connectivity index (χ4v) is 3.23. The van der Waals surface area contributed by atoms with Crippen molar-refractivity contribution in [2.45, 2.75) is 0 Å². The zero-order valence-corrected chi connectivity index (χ0v) is 14.6. The van der Waals surface area contributed by atoms with E-state index in [1.807, 2.05) is 60.7 Å². The average molecular weight is 366 g/mol. The van der Waals surface area contributed by atoms with Crippen LogP contribution in [-0.2, 0) is 0 Å². The quantitative estimate of drug-likeness (QED) is 0.500. The molecule has 0 saturated heterocycles. The van der Waals surface area contributed by atoms with Gasteiger partial charge in [-0.3, -0.25) is 9.59 Å². The molecule has 2 heterocycles. The number of nitrogens with one attached hydrogen (secondary N) is 2. The summed E-state index contributed by atoms with van der Waals surface area (Å²) in [6.07, 6.45) is 0. The second-order valence-electron chi connectivity index (χ2n) is 6.44. The summed E-state index contributed by atoms with van der Waals surface area (Å²) in [5.41, 5.74) is 2.48. The van der Waals surface area contributed by atoms with E-state index in [2.05, 4.69) is 19.9 Å². The summed E-state index contributed by atoms with van der Waals surface area (Å²) < 4.78 is 0. The Kier molecular flexibility index (Phi) is 3.62. The Morgan fingerprint density at radius 2 is 0.929 bits per heavy atom. The Morgan fingerprint density at radius 3 is 1.36 bits per heavy atom. The molecule has 0 fully saturated rings. The molecule has 0 spiro atoms. The third-order valence-electron chi connectivity index (χ3n) is 4.66. The molecule has 2 aromatic heterocycles. The molecule has 28 heavy (non-hydrogen) atoms. The summed E-state index contributed by atoms with van der Waals surface area (Å²) in [4.78, 5) is 39.3. The first-order chi connectivity index (χ1) is 13.7. The molecule has 0 radical (unpaired) electrons. The number of benzene rings is 3. The highest BCUT2D eigenvalue weighted by Gasteiger charge is 2.08. The van der Waals surface area contributed by atoms with Crippen LogP contribution in [0.4, 0.5) is 0 Å². The van der Waals surface area contributed by atoms with Gasteiger partial charge in [0.1, 0.15) is 11.6 Å². The van der Waals surface area contributed by atoms with Crippen LogP contribution in [0.2, 0.25) is 0 Å². The topological polar surface area (TPSA) is 91.5 Å². The van der Waals surface area contributed by atoms with Crippen LogP contribution in [0.25, 0.3) is 44.6 Å². The van der Waals surface area contributed by atoms with Gasteiger partial charge in [0.15, 0.2) is 0 Å². The van der Waals surface area contributed by atoms with Gasteiger partial charge in [0.2, 0.25) is 0 Å². The van der Waals surface area contributed by atoms with Crippen molar-refractivity contribution in [2.75, 3.05) is 0 Å². The molecule has 0 amide bonds. The number of rotatable bonds is 2. The minimum absolute atomic E-state index is 0.176. The average Bonchev–Trinajstić information content (AvgIpc) is 2.74. The molecule has 2 N–H and O–H groups in total. The van der Waals surface area contributed by atoms with Crippen LogP contribution >= 0.6 is 0 Å². The molecule has 6 heteroatoms. The monoisotopic (exact) mass is 366 g/mol. The third kappa shape index (κ3) is 2.68. The smallest absolute Gasteiger partial charge is 0.259 e. The Morgan fingerprint density at radius 1 is 0.536 bits per heavy atom. The first kappa shape index (κ1) is 16.1. The summed E-state index contributed by atoms with van der Waals surface area (Å²) >= 11 is 0. The van der Waals surface area contributed by atoms with Gasteiger partial charge in [-0.25, -0.2) is 9.97 Å². The molecule has 5 rings (SSSR count). The summed E-state index contributed by atoms with van der Waals surface area (Å²) in [5, 5.41) is 1.11. The van der Waals surface area contributed by atoms with Crippen LogP contribution in [-0.4, -0.2) is 19.9 Å². The number of nitrogens with zero attached hydrogens (tertiary/aromatic N) is 2. The summed E-state index contributed by atoms with van der Waals surface area (Å²) in [7, 11) is 0. The normalized spacial score (nSPS) is 11.1. The third-order valence-corrected chi connectivity index (χ3v) is 4.66. The van der Waals surface area contributed by atoms with Crippen molar-refractivity contribution in [3.8, 4) is 22.8 Å². The van der Waals surface area contributed by atoms with Crippen LogP contribution < -0.4 is 11.1 Å². The molecule has 0 bridgehead atoms. The summed E-state index contributed by atoms with van der Waals surface area (Å²) in [5.74, 6) is 0.991. The fourth-order valence-electron chi connectivity index (χ4n) is 3.23. The lowest BCUT2D eigenvalue weighted by molar-refractivity contribution is 1.17. The molecule has 3 aromatic carbocycles. The molecule has 5 aromatic rings. The standard InChI is InChI=1S/C22H14N4O2/c27-21-15-5-1-3-7-17(15)23-19(25-21)13-9-11-14(12-10-13)20-24-18-8-4-2-6-16(18)22(28)26-20/h1-12H,(H,23,25,27)(H,24,26,28). The van der Waals surface area contributed by atoms with Crippen molar-refractivity contribution >= 4 is 21.8 Å². The molecule has 0 aliphatic rings. The van der Waals surface area contributed by atoms with Gasteiger partial charge < -0.3 is 9.97 Å². The van der Waals surface area contributed by atoms with Crippen molar-refractivity contribution in [1.82, 2.24) is 19.9 Å². The Balaban J connectivity index is 1.58. The maximum absolute atomic E-state index is 12.3. The van der Waals surface area contributed by atoms with Crippen LogP contribution in [0.3, 0.4) is 0 Å². The second-order valence-corrected chi connectivity index (χ2v) is 6.44. The van der Waals surface area contributed by atoms with Crippen molar-refractivity contribution in [1.29, 1.82) is 0 Å². The van der Waals surface area contributed by atoms with E-state index in [0.717, 1.165) is 11.1 Å². The minimum atomic E-state index is -0.176. The minimum Gasteiger partial charge on any atom is -0.306 e. The zero-order chi connectivity index (χ0) is 19.1. The van der Waals surface area contributed by atoms with E-state index in [0.29, 0.717) is 33.5 Å². The Bertz CT molecular complexity index is 1340. The number of hydrogen-bond donors (Lipinski definition) is 2. The SMILES string of the molecule is O=c1[nH]c(-c2ccc(-c3nc4ccccc4c(=O)[nH]3)cc2)nc2ccccc12. The van der Waals surface area contributed by atoms with Crippen LogP contribution in [0.5, 0.6) is 0 Å². The molecule has 0 aliphatic carbocycles. The summed E-state index contributed by atoms with van der Waals surface area (Å²) in [6.45, 7) is 0. The highest BCUT2D eigenvalue weighted by atomic mass is 16.1. The molecule has 0 atom stereocenters. The first-order valence-corrected chi connectivity index (χ1v) is 8.78. The molecule has 0 saturated carbocycles. The van der Waals surface area contributed by atoms with Crippen molar-refractivity contribution in [3.63, 3.8) is 0 Å². The molecule has 0 aliphatic heterocycles. The lowest BCUT2D eigenvalue weighted by atomic mass is 10.1. The highest BCUT2D eigenvalue weighted by molar-refractivity contribution is 5.80. The Labute approximate surface area is 158 Å². The van der Waals surface area contributed by atoms with Crippen LogP contribution in [0, 0.1) is 0 Å². The fraction of sp³-hybridized carbons (Fsp3) is 0. The number of aromatic nitrogens is 4. The summed E-state index contributed by atoms with van der Waals surface area (Å²) in [6, 6.07) is 21.8. The first-order valence-electron chi connectivity index (χ1n) is 8.78. The van der Waals surface area contributed by atoms with E-state index in [1.165, 1.54) is 0 Å². The van der Waals surface area contributed by atoms with E-state index in [1.54, 1.807) is 12.1 Å². The molecular formula is C22H14N4O2. The number of para-hydroxylation sites is 2. The second kappa shape index (κ2) is 6.28. The predicted octanol–water partition coefficient (Wildman–Crippen LogP) is 3.49. The van der Waals surface area contributed by atoms with Gasteiger partial charge in [-0.2, -0.15) is 0 Å². The molecule has 6 nitrogen and oxygen atoms in total. The van der Waals surface area contributed by atoms with E-state index in [-0.39, 0.29) is 11.1 Å². The number of fused-ring (bicyclic) bond motifs is 2. The molecule has 134 valence electrons. The van der Waals surface area contributed by atoms with Gasteiger partial charge in [0.25, 0.3) is 11.1 Å². The molecule has 0 unspecified atom stereocenters. The van der Waals surface area contributed by atoms with E-state index in [4.69, 9.17) is 0 Å². The van der Waals surface area contributed by atoms with Crippen molar-refractivity contribution in [3.05, 3.63) is 93.5 Å². The lowest BCUT2D eigenvalue weighted by Gasteiger charge is -2.06. The largest absolute Gasteiger partial charge is 0.306 e. The maximum Gasteiger partial charge on any atom is 0.259 e. The van der Waals surface area contributed by atoms with Gasteiger partial charge in [-0.15, -0.1) is 0 Å².